The van der Waals surface area contributed by atoms with E-state index in [1.54, 1.807) is 0 Å². The molecule has 0 fully saturated rings. The number of allylic oxidation sites excluding steroid dienone is 6. The average molecular weight is 148 g/mol. The topological polar surface area (TPSA) is 0 Å². The Kier molecular flexibility index (Phi) is 2.70. The summed E-state index contributed by atoms with van der Waals surface area (Å²) in [5, 5.41) is 0. The Morgan fingerprint density at radius 1 is 1.36 bits per heavy atom. The van der Waals surface area contributed by atoms with Crippen molar-refractivity contribution in [3.63, 3.8) is 0 Å². The lowest BCUT2D eigenvalue weighted by molar-refractivity contribution is 1.14. The first-order chi connectivity index (χ1) is 5.24. The van der Waals surface area contributed by atoms with Gasteiger partial charge >= 0.3 is 0 Å². The molecule has 0 aromatic carbocycles. The molecule has 0 radical (unpaired) electrons. The van der Waals surface area contributed by atoms with Gasteiger partial charge in [-0.3, -0.25) is 0 Å². The fourth-order valence-corrected chi connectivity index (χ4v) is 1.22. The Bertz CT molecular complexity index is 226. The third kappa shape index (κ3) is 2.07. The summed E-state index contributed by atoms with van der Waals surface area (Å²) in [4.78, 5) is 0. The Morgan fingerprint density at radius 2 is 2.09 bits per heavy atom. The molecular formula is C11H16. The second-order valence-electron chi connectivity index (χ2n) is 3.14. The first kappa shape index (κ1) is 8.32. The second-order valence-corrected chi connectivity index (χ2v) is 3.14. The molecule has 0 aliphatic heterocycles. The standard InChI is InChI=1S/C11H16/c1-4-11-7-5-6-9(2)10(3)8-11/h5,7-8H,4,6H2,1-3H3. The van der Waals surface area contributed by atoms with E-state index in [4.69, 9.17) is 0 Å². The van der Waals surface area contributed by atoms with E-state index >= 15 is 0 Å². The van der Waals surface area contributed by atoms with Crippen molar-refractivity contribution in [1.82, 2.24) is 0 Å². The van der Waals surface area contributed by atoms with E-state index in [-0.39, 0.29) is 0 Å². The molecule has 0 N–H and O–H groups in total. The molecule has 1 rings (SSSR count). The summed E-state index contributed by atoms with van der Waals surface area (Å²) in [7, 11) is 0. The summed E-state index contributed by atoms with van der Waals surface area (Å²) in [6.07, 6.45) is 9.03. The SMILES string of the molecule is CCC1=CC(C)=C(C)CC=C1. The van der Waals surface area contributed by atoms with Crippen molar-refractivity contribution in [3.8, 4) is 0 Å². The molecule has 0 spiro atoms. The maximum atomic E-state index is 2.29. The van der Waals surface area contributed by atoms with E-state index in [1.165, 1.54) is 16.7 Å². The third-order valence-electron chi connectivity index (χ3n) is 2.24. The van der Waals surface area contributed by atoms with Gasteiger partial charge < -0.3 is 0 Å². The fourth-order valence-electron chi connectivity index (χ4n) is 1.22. The highest BCUT2D eigenvalue weighted by Crippen LogP contribution is 2.18. The van der Waals surface area contributed by atoms with Crippen LogP contribution in [0.15, 0.2) is 34.9 Å². The minimum Gasteiger partial charge on any atom is -0.0802 e. The Hall–Kier alpha value is -0.780. The van der Waals surface area contributed by atoms with Crippen molar-refractivity contribution in [1.29, 1.82) is 0 Å². The van der Waals surface area contributed by atoms with E-state index in [1.807, 2.05) is 0 Å². The van der Waals surface area contributed by atoms with E-state index in [0.29, 0.717) is 0 Å². The number of rotatable bonds is 1. The van der Waals surface area contributed by atoms with Crippen LogP contribution in [-0.4, -0.2) is 0 Å². The minimum atomic E-state index is 1.12. The van der Waals surface area contributed by atoms with Crippen LogP contribution < -0.4 is 0 Å². The predicted octanol–water partition coefficient (Wildman–Crippen LogP) is 3.62. The zero-order valence-electron chi connectivity index (χ0n) is 7.65. The van der Waals surface area contributed by atoms with Gasteiger partial charge in [-0.05, 0) is 32.3 Å². The monoisotopic (exact) mass is 148 g/mol. The highest BCUT2D eigenvalue weighted by atomic mass is 14.0. The molecule has 1 aliphatic carbocycles. The molecule has 1 aliphatic rings. The summed E-state index contributed by atoms with van der Waals surface area (Å²) < 4.78 is 0. The smallest absolute Gasteiger partial charge is 0.0133 e. The highest BCUT2D eigenvalue weighted by Gasteiger charge is 1.98. The molecule has 60 valence electrons. The van der Waals surface area contributed by atoms with Gasteiger partial charge in [-0.2, -0.15) is 0 Å². The maximum absolute atomic E-state index is 2.29. The minimum absolute atomic E-state index is 1.12. The lowest BCUT2D eigenvalue weighted by Crippen LogP contribution is -1.77. The van der Waals surface area contributed by atoms with Gasteiger partial charge in [0.25, 0.3) is 0 Å². The first-order valence-electron chi connectivity index (χ1n) is 4.27. The van der Waals surface area contributed by atoms with Crippen LogP contribution in [-0.2, 0) is 0 Å². The average Bonchev–Trinajstić information content (AvgIpc) is 2.15. The Balaban J connectivity index is 2.92. The molecule has 0 unspecified atom stereocenters. The summed E-state index contributed by atoms with van der Waals surface area (Å²) in [5.41, 5.74) is 4.37. The summed E-state index contributed by atoms with van der Waals surface area (Å²) in [5.74, 6) is 0. The quantitative estimate of drug-likeness (QED) is 0.532. The summed E-state index contributed by atoms with van der Waals surface area (Å²) in [6.45, 7) is 6.59. The summed E-state index contributed by atoms with van der Waals surface area (Å²) >= 11 is 0. The lowest BCUT2D eigenvalue weighted by atomic mass is 10.1. The molecule has 0 amide bonds. The zero-order valence-corrected chi connectivity index (χ0v) is 7.65. The van der Waals surface area contributed by atoms with Gasteiger partial charge in [0.15, 0.2) is 0 Å². The van der Waals surface area contributed by atoms with Crippen molar-refractivity contribution in [2.24, 2.45) is 0 Å². The van der Waals surface area contributed by atoms with Crippen molar-refractivity contribution in [2.45, 2.75) is 33.6 Å². The van der Waals surface area contributed by atoms with Crippen LogP contribution in [0, 0.1) is 0 Å². The molecular weight excluding hydrogens is 132 g/mol. The van der Waals surface area contributed by atoms with Crippen LogP contribution >= 0.6 is 0 Å². The highest BCUT2D eigenvalue weighted by molar-refractivity contribution is 5.35. The van der Waals surface area contributed by atoms with E-state index in [0.717, 1.165) is 12.8 Å². The van der Waals surface area contributed by atoms with E-state index in [2.05, 4.69) is 39.0 Å². The molecule has 0 bridgehead atoms. The van der Waals surface area contributed by atoms with E-state index in [9.17, 15) is 0 Å². The van der Waals surface area contributed by atoms with Gasteiger partial charge in [-0.25, -0.2) is 0 Å². The van der Waals surface area contributed by atoms with Crippen LogP contribution in [0.3, 0.4) is 0 Å². The van der Waals surface area contributed by atoms with Gasteiger partial charge in [0.2, 0.25) is 0 Å². The van der Waals surface area contributed by atoms with Crippen LogP contribution in [0.4, 0.5) is 0 Å². The van der Waals surface area contributed by atoms with Gasteiger partial charge in [-0.1, -0.05) is 36.3 Å². The largest absolute Gasteiger partial charge is 0.0802 e. The van der Waals surface area contributed by atoms with E-state index < -0.39 is 0 Å². The normalized spacial score (nSPS) is 18.3. The first-order valence-corrected chi connectivity index (χ1v) is 4.27. The van der Waals surface area contributed by atoms with Crippen molar-refractivity contribution < 1.29 is 0 Å². The molecule has 0 saturated heterocycles. The van der Waals surface area contributed by atoms with Gasteiger partial charge in [0.05, 0.1) is 0 Å². The van der Waals surface area contributed by atoms with Crippen LogP contribution in [0.2, 0.25) is 0 Å². The summed E-state index contributed by atoms with van der Waals surface area (Å²) in [6, 6.07) is 0. The predicted molar refractivity (Wildman–Crippen MR) is 50.5 cm³/mol. The molecule has 0 nitrogen and oxygen atoms in total. The zero-order chi connectivity index (χ0) is 8.27. The van der Waals surface area contributed by atoms with Crippen LogP contribution in [0.1, 0.15) is 33.6 Å². The molecule has 11 heavy (non-hydrogen) atoms. The van der Waals surface area contributed by atoms with Crippen molar-refractivity contribution in [3.05, 3.63) is 34.9 Å². The molecule has 0 aromatic rings. The van der Waals surface area contributed by atoms with Crippen LogP contribution in [0.25, 0.3) is 0 Å². The Labute approximate surface area is 69.3 Å². The third-order valence-corrected chi connectivity index (χ3v) is 2.24. The van der Waals surface area contributed by atoms with Crippen molar-refractivity contribution in [2.75, 3.05) is 0 Å². The van der Waals surface area contributed by atoms with Gasteiger partial charge in [0, 0.05) is 0 Å². The molecule has 0 saturated carbocycles. The molecule has 0 heteroatoms. The molecule has 0 aromatic heterocycles. The fraction of sp³-hybridized carbons (Fsp3) is 0.455. The lowest BCUT2D eigenvalue weighted by Gasteiger charge is -1.98. The van der Waals surface area contributed by atoms with Gasteiger partial charge in [0.1, 0.15) is 0 Å². The molecule has 0 heterocycles. The van der Waals surface area contributed by atoms with Crippen molar-refractivity contribution >= 4 is 0 Å². The molecule has 0 atom stereocenters. The second kappa shape index (κ2) is 3.56. The Morgan fingerprint density at radius 3 is 2.73 bits per heavy atom. The number of hydrogen-bond acceptors (Lipinski definition) is 0. The van der Waals surface area contributed by atoms with Crippen LogP contribution in [0.5, 0.6) is 0 Å². The maximum Gasteiger partial charge on any atom is -0.0133 e. The van der Waals surface area contributed by atoms with Gasteiger partial charge in [-0.15, -0.1) is 0 Å². The number of hydrogen-bond donors (Lipinski definition) is 0.